The van der Waals surface area contributed by atoms with Crippen LogP contribution in [-0.2, 0) is 0 Å². The van der Waals surface area contributed by atoms with Crippen LogP contribution in [0, 0.1) is 6.92 Å². The number of aromatic nitrogens is 5. The molecule has 9 heteroatoms. The van der Waals surface area contributed by atoms with Crippen molar-refractivity contribution in [1.29, 1.82) is 0 Å². The van der Waals surface area contributed by atoms with Crippen LogP contribution >= 0.6 is 0 Å². The lowest BCUT2D eigenvalue weighted by atomic mass is 10.2. The molecule has 1 atom stereocenters. The van der Waals surface area contributed by atoms with E-state index in [2.05, 4.69) is 44.4 Å². The molecule has 0 aromatic carbocycles. The molecule has 27 heavy (non-hydrogen) atoms. The summed E-state index contributed by atoms with van der Waals surface area (Å²) in [5.41, 5.74) is 1.67. The van der Waals surface area contributed by atoms with Crippen molar-refractivity contribution in [2.24, 2.45) is 0 Å². The van der Waals surface area contributed by atoms with Gasteiger partial charge in [-0.1, -0.05) is 0 Å². The van der Waals surface area contributed by atoms with E-state index in [0.717, 1.165) is 25.3 Å². The number of imidazole rings is 1. The minimum Gasteiger partial charge on any atom is -0.354 e. The van der Waals surface area contributed by atoms with Crippen molar-refractivity contribution in [3.63, 3.8) is 0 Å². The number of amides is 1. The van der Waals surface area contributed by atoms with E-state index in [-0.39, 0.29) is 5.91 Å². The molecule has 9 nitrogen and oxygen atoms in total. The number of anilines is 2. The normalized spacial score (nSPS) is 17.0. The molecule has 140 valence electrons. The second-order valence-electron chi connectivity index (χ2n) is 6.92. The van der Waals surface area contributed by atoms with E-state index in [1.165, 1.54) is 0 Å². The first kappa shape index (κ1) is 17.3. The zero-order valence-electron chi connectivity index (χ0n) is 15.6. The summed E-state index contributed by atoms with van der Waals surface area (Å²) in [6.07, 6.45) is 2.65. The largest absolute Gasteiger partial charge is 0.354 e. The first-order valence-corrected chi connectivity index (χ1v) is 8.90. The maximum Gasteiger partial charge on any atom is 0.277 e. The Balaban J connectivity index is 1.65. The SMILES string of the molecule is Cc1nc2ccc(N3CC[C@H](N(C)C)C3)nn2c1C(=O)Nc1cccnn1. The Morgan fingerprint density at radius 2 is 2.15 bits per heavy atom. The van der Waals surface area contributed by atoms with E-state index in [4.69, 9.17) is 5.10 Å². The van der Waals surface area contributed by atoms with Crippen LogP contribution < -0.4 is 10.2 Å². The van der Waals surface area contributed by atoms with Crippen LogP contribution in [0.5, 0.6) is 0 Å². The maximum absolute atomic E-state index is 12.8. The third-order valence-corrected chi connectivity index (χ3v) is 4.88. The highest BCUT2D eigenvalue weighted by molar-refractivity contribution is 6.03. The number of hydrogen-bond acceptors (Lipinski definition) is 7. The minimum absolute atomic E-state index is 0.308. The van der Waals surface area contributed by atoms with Crippen molar-refractivity contribution in [3.8, 4) is 0 Å². The molecule has 1 N–H and O–H groups in total. The second-order valence-corrected chi connectivity index (χ2v) is 6.92. The quantitative estimate of drug-likeness (QED) is 0.742. The first-order valence-electron chi connectivity index (χ1n) is 8.90. The lowest BCUT2D eigenvalue weighted by Crippen LogP contribution is -2.32. The van der Waals surface area contributed by atoms with Gasteiger partial charge in [-0.2, -0.15) is 5.10 Å². The van der Waals surface area contributed by atoms with Crippen LogP contribution in [0.4, 0.5) is 11.6 Å². The Morgan fingerprint density at radius 3 is 2.85 bits per heavy atom. The lowest BCUT2D eigenvalue weighted by molar-refractivity contribution is 0.101. The van der Waals surface area contributed by atoms with Gasteiger partial charge in [0.25, 0.3) is 5.91 Å². The zero-order valence-corrected chi connectivity index (χ0v) is 15.6. The summed E-state index contributed by atoms with van der Waals surface area (Å²) in [5, 5.41) is 15.1. The van der Waals surface area contributed by atoms with E-state index in [1.807, 2.05) is 12.1 Å². The number of nitrogens with zero attached hydrogens (tertiary/aromatic N) is 7. The van der Waals surface area contributed by atoms with Gasteiger partial charge in [-0.25, -0.2) is 9.50 Å². The minimum atomic E-state index is -0.308. The van der Waals surface area contributed by atoms with Gasteiger partial charge in [0.05, 0.1) is 5.69 Å². The first-order chi connectivity index (χ1) is 13.0. The summed E-state index contributed by atoms with van der Waals surface area (Å²) in [6, 6.07) is 7.77. The molecule has 4 rings (SSSR count). The molecule has 0 radical (unpaired) electrons. The number of carbonyl (C=O) groups is 1. The fourth-order valence-electron chi connectivity index (χ4n) is 3.38. The predicted octanol–water partition coefficient (Wildman–Crippen LogP) is 1.22. The molecule has 1 amide bonds. The number of rotatable bonds is 4. The van der Waals surface area contributed by atoms with E-state index in [0.29, 0.717) is 28.9 Å². The number of carbonyl (C=O) groups excluding carboxylic acids is 1. The molecule has 1 aliphatic heterocycles. The summed E-state index contributed by atoms with van der Waals surface area (Å²) in [6.45, 7) is 3.66. The predicted molar refractivity (Wildman–Crippen MR) is 102 cm³/mol. The summed E-state index contributed by atoms with van der Waals surface area (Å²) < 4.78 is 1.61. The van der Waals surface area contributed by atoms with Crippen molar-refractivity contribution >= 4 is 23.2 Å². The van der Waals surface area contributed by atoms with Crippen LogP contribution in [0.1, 0.15) is 22.6 Å². The molecule has 3 aromatic rings. The molecular formula is C18H22N8O. The maximum atomic E-state index is 12.8. The number of likely N-dealkylation sites (N-methyl/N-ethyl adjacent to an activating group) is 1. The Labute approximate surface area is 157 Å². The van der Waals surface area contributed by atoms with Crippen LogP contribution in [-0.4, -0.2) is 68.8 Å². The smallest absolute Gasteiger partial charge is 0.277 e. The van der Waals surface area contributed by atoms with Crippen LogP contribution in [0.2, 0.25) is 0 Å². The van der Waals surface area contributed by atoms with Gasteiger partial charge in [0.2, 0.25) is 0 Å². The van der Waals surface area contributed by atoms with Gasteiger partial charge < -0.3 is 15.1 Å². The third-order valence-electron chi connectivity index (χ3n) is 4.88. The standard InChI is InChI=1S/C18H22N8O/c1-12-17(18(27)21-14-5-4-9-19-22-14)26-15(20-12)6-7-16(23-26)25-10-8-13(11-25)24(2)3/h4-7,9,13H,8,10-11H2,1-3H3,(H,21,22,27)/t13-/m0/s1. The Hall–Kier alpha value is -3.07. The highest BCUT2D eigenvalue weighted by Crippen LogP contribution is 2.22. The molecule has 0 unspecified atom stereocenters. The van der Waals surface area contributed by atoms with E-state index < -0.39 is 0 Å². The fourth-order valence-corrected chi connectivity index (χ4v) is 3.38. The number of hydrogen-bond donors (Lipinski definition) is 1. The van der Waals surface area contributed by atoms with Gasteiger partial charge in [0.1, 0.15) is 5.82 Å². The van der Waals surface area contributed by atoms with Crippen LogP contribution in [0.25, 0.3) is 5.65 Å². The highest BCUT2D eigenvalue weighted by Gasteiger charge is 2.26. The van der Waals surface area contributed by atoms with E-state index >= 15 is 0 Å². The lowest BCUT2D eigenvalue weighted by Gasteiger charge is -2.21. The second kappa shape index (κ2) is 6.92. The molecule has 0 saturated carbocycles. The number of nitrogens with one attached hydrogen (secondary N) is 1. The molecule has 3 aromatic heterocycles. The van der Waals surface area contributed by atoms with Gasteiger partial charge in [0, 0.05) is 25.3 Å². The topological polar surface area (TPSA) is 91.5 Å². The highest BCUT2D eigenvalue weighted by atomic mass is 16.2. The molecule has 0 bridgehead atoms. The van der Waals surface area contributed by atoms with Crippen molar-refractivity contribution in [2.45, 2.75) is 19.4 Å². The molecule has 0 aliphatic carbocycles. The summed E-state index contributed by atoms with van der Waals surface area (Å²) in [5.74, 6) is 0.928. The van der Waals surface area contributed by atoms with Crippen molar-refractivity contribution in [3.05, 3.63) is 41.9 Å². The molecular weight excluding hydrogens is 344 g/mol. The Morgan fingerprint density at radius 1 is 1.30 bits per heavy atom. The molecule has 1 saturated heterocycles. The zero-order chi connectivity index (χ0) is 19.0. The third kappa shape index (κ3) is 3.33. The van der Waals surface area contributed by atoms with Gasteiger partial charge in [-0.05, 0) is 51.7 Å². The van der Waals surface area contributed by atoms with Crippen molar-refractivity contribution in [1.82, 2.24) is 29.7 Å². The van der Waals surface area contributed by atoms with E-state index in [1.54, 1.807) is 29.8 Å². The van der Waals surface area contributed by atoms with Crippen molar-refractivity contribution in [2.75, 3.05) is 37.4 Å². The van der Waals surface area contributed by atoms with Crippen molar-refractivity contribution < 1.29 is 4.79 Å². The fraction of sp³-hybridized carbons (Fsp3) is 0.389. The van der Waals surface area contributed by atoms with Gasteiger partial charge >= 0.3 is 0 Å². The Kier molecular flexibility index (Phi) is 4.44. The molecule has 1 aliphatic rings. The summed E-state index contributed by atoms with van der Waals surface area (Å²) in [7, 11) is 4.19. The van der Waals surface area contributed by atoms with Gasteiger partial charge in [-0.15, -0.1) is 10.2 Å². The number of aryl methyl sites for hydroxylation is 1. The van der Waals surface area contributed by atoms with Crippen LogP contribution in [0.15, 0.2) is 30.5 Å². The number of fused-ring (bicyclic) bond motifs is 1. The molecule has 1 fully saturated rings. The molecule has 0 spiro atoms. The Bertz CT molecular complexity index is 968. The summed E-state index contributed by atoms with van der Waals surface area (Å²) >= 11 is 0. The van der Waals surface area contributed by atoms with E-state index in [9.17, 15) is 4.79 Å². The molecule has 4 heterocycles. The van der Waals surface area contributed by atoms with Gasteiger partial charge in [-0.3, -0.25) is 4.79 Å². The average molecular weight is 366 g/mol. The average Bonchev–Trinajstić information content (AvgIpc) is 3.26. The van der Waals surface area contributed by atoms with Crippen LogP contribution in [0.3, 0.4) is 0 Å². The van der Waals surface area contributed by atoms with Gasteiger partial charge in [0.15, 0.2) is 17.2 Å². The monoisotopic (exact) mass is 366 g/mol. The summed E-state index contributed by atoms with van der Waals surface area (Å²) in [4.78, 5) is 21.7.